The molecular formula is C29H42O10. The molecule has 0 unspecified atom stereocenters. The van der Waals surface area contributed by atoms with Crippen molar-refractivity contribution >= 4 is 23.9 Å². The van der Waals surface area contributed by atoms with Gasteiger partial charge in [-0.1, -0.05) is 27.7 Å². The van der Waals surface area contributed by atoms with Gasteiger partial charge < -0.3 is 28.8 Å². The van der Waals surface area contributed by atoms with Gasteiger partial charge in [-0.05, 0) is 49.4 Å². The summed E-state index contributed by atoms with van der Waals surface area (Å²) in [5, 5.41) is 11.2. The second-order valence-corrected chi connectivity index (χ2v) is 12.2. The Bertz CT molecular complexity index is 1030. The predicted molar refractivity (Wildman–Crippen MR) is 137 cm³/mol. The monoisotopic (exact) mass is 550 g/mol. The zero-order valence-corrected chi connectivity index (χ0v) is 23.8. The minimum atomic E-state index is -1.03. The fraction of sp³-hybridized carbons (Fsp3) is 0.793. The normalized spacial score (nSPS) is 38.6. The van der Waals surface area contributed by atoms with Crippen molar-refractivity contribution in [3.63, 3.8) is 0 Å². The van der Waals surface area contributed by atoms with Gasteiger partial charge in [0.25, 0.3) is 0 Å². The van der Waals surface area contributed by atoms with Crippen LogP contribution in [-0.4, -0.2) is 72.7 Å². The topological polar surface area (TPSA) is 138 Å². The number of rotatable bonds is 9. The average Bonchev–Trinajstić information content (AvgIpc) is 3.56. The summed E-state index contributed by atoms with van der Waals surface area (Å²) in [6.07, 6.45) is 1.68. The van der Waals surface area contributed by atoms with Crippen molar-refractivity contribution in [3.05, 3.63) is 11.6 Å². The predicted octanol–water partition coefficient (Wildman–Crippen LogP) is 2.88. The van der Waals surface area contributed by atoms with Crippen LogP contribution in [0.25, 0.3) is 0 Å². The maximum atomic E-state index is 13.0. The summed E-state index contributed by atoms with van der Waals surface area (Å²) in [6.45, 7) is 10.8. The molecule has 2 aliphatic carbocycles. The average molecular weight is 551 g/mol. The largest absolute Gasteiger partial charge is 0.465 e. The Morgan fingerprint density at radius 3 is 2.44 bits per heavy atom. The first kappa shape index (κ1) is 29.5. The molecule has 0 aromatic heterocycles. The molecule has 0 radical (unpaired) electrons. The highest BCUT2D eigenvalue weighted by Gasteiger charge is 2.78. The first-order valence-electron chi connectivity index (χ1n) is 14.0. The third-order valence-electron chi connectivity index (χ3n) is 10.0. The second kappa shape index (κ2) is 10.8. The molecule has 1 saturated heterocycles. The van der Waals surface area contributed by atoms with Crippen LogP contribution in [0.5, 0.6) is 0 Å². The number of fused-ring (bicyclic) bond motifs is 2. The Balaban J connectivity index is 1.79. The van der Waals surface area contributed by atoms with Gasteiger partial charge in [-0.25, -0.2) is 4.79 Å². The molecule has 1 N–H and O–H groups in total. The fourth-order valence-corrected chi connectivity index (χ4v) is 7.40. The highest BCUT2D eigenvalue weighted by atomic mass is 16.6. The molecule has 39 heavy (non-hydrogen) atoms. The van der Waals surface area contributed by atoms with Gasteiger partial charge in [0.05, 0.1) is 24.0 Å². The molecule has 2 saturated carbocycles. The summed E-state index contributed by atoms with van der Waals surface area (Å²) in [7, 11) is 0. The number of esters is 4. The van der Waals surface area contributed by atoms with Gasteiger partial charge in [0.1, 0.15) is 31.0 Å². The SMILES string of the molecule is CC[C@H](C)C(=O)O[C@@H](C[C@@]1(C)[C@H](C)C[C@H](OC(C)=O)[C@]2(COC(C)=O)[C@@H]1CC[C@H](O)[C@]21CO1)C1=CC(=O)OC1. The lowest BCUT2D eigenvalue weighted by Crippen LogP contribution is -2.70. The van der Waals surface area contributed by atoms with Crippen molar-refractivity contribution in [2.24, 2.45) is 28.6 Å². The first-order chi connectivity index (χ1) is 18.3. The molecule has 10 heteroatoms. The molecule has 3 fully saturated rings. The lowest BCUT2D eigenvalue weighted by Gasteiger charge is -2.64. The quantitative estimate of drug-likeness (QED) is 0.259. The number of aliphatic hydroxyl groups excluding tert-OH is 1. The van der Waals surface area contributed by atoms with E-state index in [0.29, 0.717) is 37.7 Å². The Labute approximate surface area is 229 Å². The van der Waals surface area contributed by atoms with Crippen LogP contribution in [-0.2, 0) is 42.9 Å². The van der Waals surface area contributed by atoms with E-state index in [2.05, 4.69) is 13.8 Å². The van der Waals surface area contributed by atoms with Gasteiger partial charge in [-0.3, -0.25) is 14.4 Å². The van der Waals surface area contributed by atoms with E-state index in [0.717, 1.165) is 0 Å². The Morgan fingerprint density at radius 2 is 1.90 bits per heavy atom. The Kier molecular flexibility index (Phi) is 8.21. The minimum absolute atomic E-state index is 0.0215. The van der Waals surface area contributed by atoms with E-state index in [1.807, 2.05) is 6.92 Å². The van der Waals surface area contributed by atoms with Crippen LogP contribution >= 0.6 is 0 Å². The van der Waals surface area contributed by atoms with Gasteiger partial charge in [0, 0.05) is 25.5 Å². The second-order valence-electron chi connectivity index (χ2n) is 12.2. The van der Waals surface area contributed by atoms with Crippen molar-refractivity contribution in [1.29, 1.82) is 0 Å². The van der Waals surface area contributed by atoms with Crippen LogP contribution in [0.4, 0.5) is 0 Å². The Morgan fingerprint density at radius 1 is 1.21 bits per heavy atom. The number of hydrogen-bond donors (Lipinski definition) is 1. The first-order valence-corrected chi connectivity index (χ1v) is 14.0. The van der Waals surface area contributed by atoms with Crippen LogP contribution in [0.2, 0.25) is 0 Å². The molecule has 0 aromatic rings. The number of aliphatic hydroxyl groups is 1. The standard InChI is InChI=1S/C29H42O10/c1-7-16(2)26(34)39-21(20-11-25(33)35-13-20)12-27(6)17(3)10-24(38-19(5)31)28(14-36-18(4)30)22(27)8-9-23(32)29(28)15-37-29/h11,16-17,21-24,32H,7-10,12-15H2,1-6H3/t16-,17+,21-,22+,23-,24-,27-,28-,29+/m0/s1. The number of carbonyl (C=O) groups is 4. The van der Waals surface area contributed by atoms with E-state index >= 15 is 0 Å². The number of ether oxygens (including phenoxy) is 5. The van der Waals surface area contributed by atoms with Crippen molar-refractivity contribution in [1.82, 2.24) is 0 Å². The molecule has 1 spiro atoms. The van der Waals surface area contributed by atoms with Crippen molar-refractivity contribution in [2.75, 3.05) is 19.8 Å². The van der Waals surface area contributed by atoms with Gasteiger partial charge >= 0.3 is 23.9 Å². The van der Waals surface area contributed by atoms with Gasteiger partial charge in [0.2, 0.25) is 0 Å². The van der Waals surface area contributed by atoms with Gasteiger partial charge in [0.15, 0.2) is 0 Å². The smallest absolute Gasteiger partial charge is 0.331 e. The lowest BCUT2D eigenvalue weighted by atomic mass is 9.42. The summed E-state index contributed by atoms with van der Waals surface area (Å²) >= 11 is 0. The van der Waals surface area contributed by atoms with E-state index in [9.17, 15) is 24.3 Å². The van der Waals surface area contributed by atoms with Gasteiger partial charge in [-0.2, -0.15) is 0 Å². The van der Waals surface area contributed by atoms with Crippen molar-refractivity contribution in [2.45, 2.75) is 97.6 Å². The van der Waals surface area contributed by atoms with Gasteiger partial charge in [-0.15, -0.1) is 0 Å². The van der Waals surface area contributed by atoms with E-state index in [1.165, 1.54) is 19.9 Å². The summed E-state index contributed by atoms with van der Waals surface area (Å²) in [4.78, 5) is 49.3. The third-order valence-corrected chi connectivity index (χ3v) is 10.0. The zero-order chi connectivity index (χ0) is 28.8. The summed E-state index contributed by atoms with van der Waals surface area (Å²) in [5.74, 6) is -2.32. The Hall–Kier alpha value is -2.46. The maximum absolute atomic E-state index is 13.0. The van der Waals surface area contributed by atoms with Crippen LogP contribution in [0.3, 0.4) is 0 Å². The molecule has 4 rings (SSSR count). The molecule has 2 aliphatic heterocycles. The zero-order valence-electron chi connectivity index (χ0n) is 23.8. The lowest BCUT2D eigenvalue weighted by molar-refractivity contribution is -0.248. The van der Waals surface area contributed by atoms with E-state index in [1.54, 1.807) is 6.92 Å². The maximum Gasteiger partial charge on any atom is 0.331 e. The summed E-state index contributed by atoms with van der Waals surface area (Å²) in [6, 6.07) is 0. The molecule has 218 valence electrons. The summed E-state index contributed by atoms with van der Waals surface area (Å²) in [5.41, 5.74) is -1.97. The molecule has 0 bridgehead atoms. The van der Waals surface area contributed by atoms with E-state index in [4.69, 9.17) is 23.7 Å². The number of carbonyl (C=O) groups excluding carboxylic acids is 4. The highest BCUT2D eigenvalue weighted by Crippen LogP contribution is 2.69. The van der Waals surface area contributed by atoms with Crippen LogP contribution in [0.15, 0.2) is 11.6 Å². The molecule has 0 amide bonds. The van der Waals surface area contributed by atoms with Crippen LogP contribution < -0.4 is 0 Å². The molecule has 9 atom stereocenters. The fourth-order valence-electron chi connectivity index (χ4n) is 7.40. The molecule has 4 aliphatic rings. The number of hydrogen-bond acceptors (Lipinski definition) is 10. The molecule has 2 heterocycles. The molecular weight excluding hydrogens is 508 g/mol. The summed E-state index contributed by atoms with van der Waals surface area (Å²) < 4.78 is 28.8. The molecule has 0 aromatic carbocycles. The van der Waals surface area contributed by atoms with Crippen LogP contribution in [0.1, 0.15) is 73.6 Å². The van der Waals surface area contributed by atoms with Crippen LogP contribution in [0, 0.1) is 28.6 Å². The minimum Gasteiger partial charge on any atom is -0.465 e. The highest BCUT2D eigenvalue weighted by molar-refractivity contribution is 5.85. The van der Waals surface area contributed by atoms with E-state index in [-0.39, 0.29) is 43.5 Å². The third kappa shape index (κ3) is 5.10. The number of cyclic esters (lactones) is 1. The number of epoxide rings is 1. The van der Waals surface area contributed by atoms with Crippen molar-refractivity contribution < 1.29 is 48.0 Å². The van der Waals surface area contributed by atoms with Crippen molar-refractivity contribution in [3.8, 4) is 0 Å². The van der Waals surface area contributed by atoms with E-state index < -0.39 is 52.7 Å². The molecule has 10 nitrogen and oxygen atoms in total.